The Morgan fingerprint density at radius 2 is 1.08 bits per heavy atom. The molecule has 2 aromatic carbocycles. The van der Waals surface area contributed by atoms with Gasteiger partial charge in [0, 0.05) is 0 Å². The Labute approximate surface area is 74.4 Å². The zero-order chi connectivity index (χ0) is 8.55. The molecule has 0 aliphatic rings. The summed E-state index contributed by atoms with van der Waals surface area (Å²) in [5.41, 5.74) is 2.72. The number of benzene rings is 2. The molecule has 0 spiro atoms. The van der Waals surface area contributed by atoms with Crippen molar-refractivity contribution in [2.75, 3.05) is 0 Å². The van der Waals surface area contributed by atoms with Crippen molar-refractivity contribution in [1.82, 2.24) is 0 Å². The van der Waals surface area contributed by atoms with Crippen LogP contribution in [0.3, 0.4) is 0 Å². The predicted molar refractivity (Wildman–Crippen MR) is 60.3 cm³/mol. The topological polar surface area (TPSA) is 0 Å². The van der Waals surface area contributed by atoms with Crippen LogP contribution in [0.2, 0.25) is 0 Å². The third-order valence-corrected chi connectivity index (χ3v) is 2.36. The Balaban J connectivity index is 2.94. The summed E-state index contributed by atoms with van der Waals surface area (Å²) in [4.78, 5) is 0. The molecule has 2 aromatic rings. The van der Waals surface area contributed by atoms with Gasteiger partial charge in [-0.2, -0.15) is 0 Å². The van der Waals surface area contributed by atoms with E-state index in [0.29, 0.717) is 0 Å². The average Bonchev–Trinajstić information content (AvgIpc) is 2.07. The minimum atomic E-state index is 1.36. The van der Waals surface area contributed by atoms with Crippen molar-refractivity contribution in [3.05, 3.63) is 36.4 Å². The summed E-state index contributed by atoms with van der Waals surface area (Å²) in [5.74, 6) is 0. The number of hydrogen-bond donors (Lipinski definition) is 0. The second kappa shape index (κ2) is 2.71. The maximum atomic E-state index is 2.18. The summed E-state index contributed by atoms with van der Waals surface area (Å²) >= 11 is 0. The second-order valence-corrected chi connectivity index (χ2v) is 3.24. The van der Waals surface area contributed by atoms with Gasteiger partial charge in [0.05, 0.1) is 0 Å². The van der Waals surface area contributed by atoms with E-state index in [1.807, 2.05) is 0 Å². The average molecular weight is 152 g/mol. The third-order valence-electron chi connectivity index (χ3n) is 2.36. The molecular weight excluding hydrogens is 142 g/mol. The Kier molecular flexibility index (Phi) is 1.69. The molecule has 0 atom stereocenters. The van der Waals surface area contributed by atoms with Crippen molar-refractivity contribution in [2.45, 2.75) is 0 Å². The van der Waals surface area contributed by atoms with Crippen LogP contribution in [0.15, 0.2) is 36.4 Å². The Hall–Kier alpha value is -1.17. The van der Waals surface area contributed by atoms with Crippen LogP contribution in [0.5, 0.6) is 0 Å². The van der Waals surface area contributed by atoms with E-state index in [1.54, 1.807) is 0 Å². The minimum Gasteiger partial charge on any atom is -0.0813 e. The molecule has 0 saturated heterocycles. The molecule has 56 valence electrons. The smallest absolute Gasteiger partial charge is 0.0813 e. The molecule has 0 amide bonds. The Bertz CT molecular complexity index is 380. The molecule has 0 radical (unpaired) electrons. The fourth-order valence-corrected chi connectivity index (χ4v) is 1.62. The number of fused-ring (bicyclic) bond motifs is 1. The van der Waals surface area contributed by atoms with Crippen LogP contribution in [0.4, 0.5) is 0 Å². The fraction of sp³-hybridized carbons (Fsp3) is 0. The number of rotatable bonds is 0. The molecule has 2 rings (SSSR count). The van der Waals surface area contributed by atoms with Gasteiger partial charge in [0.2, 0.25) is 0 Å². The third kappa shape index (κ3) is 1.04. The first-order valence-corrected chi connectivity index (χ1v) is 4.24. The highest BCUT2D eigenvalue weighted by molar-refractivity contribution is 6.43. The minimum absolute atomic E-state index is 1.36. The Morgan fingerprint density at radius 1 is 0.667 bits per heavy atom. The lowest BCUT2D eigenvalue weighted by atomic mass is 9.84. The van der Waals surface area contributed by atoms with Crippen molar-refractivity contribution in [1.29, 1.82) is 0 Å². The first-order chi connectivity index (χ1) is 5.79. The summed E-state index contributed by atoms with van der Waals surface area (Å²) in [6.07, 6.45) is 0. The quantitative estimate of drug-likeness (QED) is 0.440. The Morgan fingerprint density at radius 3 is 1.50 bits per heavy atom. The number of hydrogen-bond acceptors (Lipinski definition) is 0. The maximum absolute atomic E-state index is 2.18. The van der Waals surface area contributed by atoms with Gasteiger partial charge in [0.25, 0.3) is 0 Å². The monoisotopic (exact) mass is 152 g/mol. The SMILES string of the molecule is Bc1cccc2c(B)cccc12. The van der Waals surface area contributed by atoms with Gasteiger partial charge in [-0.15, -0.1) is 0 Å². The van der Waals surface area contributed by atoms with E-state index in [1.165, 1.54) is 21.7 Å². The highest BCUT2D eigenvalue weighted by atomic mass is 14.0. The van der Waals surface area contributed by atoms with Crippen LogP contribution in [-0.4, -0.2) is 15.7 Å². The lowest BCUT2D eigenvalue weighted by Crippen LogP contribution is -2.09. The van der Waals surface area contributed by atoms with Gasteiger partial charge >= 0.3 is 0 Å². The summed E-state index contributed by atoms with van der Waals surface area (Å²) in [6.45, 7) is 0. The molecule has 0 fully saturated rings. The summed E-state index contributed by atoms with van der Waals surface area (Å²) in [5, 5.41) is 2.75. The van der Waals surface area contributed by atoms with Gasteiger partial charge in [0.1, 0.15) is 15.7 Å². The van der Waals surface area contributed by atoms with Crippen molar-refractivity contribution in [2.24, 2.45) is 0 Å². The zero-order valence-electron chi connectivity index (χ0n) is 7.46. The summed E-state index contributed by atoms with van der Waals surface area (Å²) in [7, 11) is 4.31. The van der Waals surface area contributed by atoms with Gasteiger partial charge in [-0.3, -0.25) is 0 Å². The lowest BCUT2D eigenvalue weighted by molar-refractivity contribution is 1.82. The highest BCUT2D eigenvalue weighted by Gasteiger charge is 1.96. The second-order valence-electron chi connectivity index (χ2n) is 3.24. The normalized spacial score (nSPS) is 10.3. The van der Waals surface area contributed by atoms with Gasteiger partial charge in [-0.05, 0) is 10.8 Å². The van der Waals surface area contributed by atoms with E-state index in [9.17, 15) is 0 Å². The van der Waals surface area contributed by atoms with Gasteiger partial charge in [0.15, 0.2) is 0 Å². The van der Waals surface area contributed by atoms with Gasteiger partial charge in [-0.25, -0.2) is 0 Å². The van der Waals surface area contributed by atoms with E-state index in [0.717, 1.165) is 0 Å². The highest BCUT2D eigenvalue weighted by Crippen LogP contribution is 2.06. The molecule has 0 unspecified atom stereocenters. The molecule has 0 heterocycles. The van der Waals surface area contributed by atoms with Crippen LogP contribution >= 0.6 is 0 Å². The van der Waals surface area contributed by atoms with Crippen molar-refractivity contribution in [3.8, 4) is 0 Å². The van der Waals surface area contributed by atoms with Crippen LogP contribution in [0.1, 0.15) is 0 Å². The van der Waals surface area contributed by atoms with E-state index in [-0.39, 0.29) is 0 Å². The van der Waals surface area contributed by atoms with Gasteiger partial charge in [-0.1, -0.05) is 47.3 Å². The molecule has 12 heavy (non-hydrogen) atoms. The van der Waals surface area contributed by atoms with Crippen LogP contribution < -0.4 is 10.9 Å². The fourth-order valence-electron chi connectivity index (χ4n) is 1.62. The van der Waals surface area contributed by atoms with E-state index in [4.69, 9.17) is 0 Å². The molecule has 0 saturated carbocycles. The molecule has 2 heteroatoms. The van der Waals surface area contributed by atoms with Crippen LogP contribution in [0, 0.1) is 0 Å². The zero-order valence-corrected chi connectivity index (χ0v) is 7.46. The molecule has 0 bridgehead atoms. The largest absolute Gasteiger partial charge is 0.140 e. The molecule has 0 N–H and O–H groups in total. The van der Waals surface area contributed by atoms with Crippen molar-refractivity contribution < 1.29 is 0 Å². The molecule has 0 nitrogen and oxygen atoms in total. The summed E-state index contributed by atoms with van der Waals surface area (Å²) < 4.78 is 0. The van der Waals surface area contributed by atoms with Crippen LogP contribution in [0.25, 0.3) is 10.8 Å². The first-order valence-electron chi connectivity index (χ1n) is 4.24. The molecular formula is C10H10B2. The molecule has 0 aromatic heterocycles. The van der Waals surface area contributed by atoms with E-state index in [2.05, 4.69) is 52.1 Å². The molecule has 0 aliphatic heterocycles. The van der Waals surface area contributed by atoms with Crippen molar-refractivity contribution in [3.63, 3.8) is 0 Å². The van der Waals surface area contributed by atoms with E-state index < -0.39 is 0 Å². The summed E-state index contributed by atoms with van der Waals surface area (Å²) in [6, 6.07) is 12.9. The first kappa shape index (κ1) is 7.48. The maximum Gasteiger partial charge on any atom is 0.140 e. The van der Waals surface area contributed by atoms with E-state index >= 15 is 0 Å². The van der Waals surface area contributed by atoms with Gasteiger partial charge < -0.3 is 0 Å². The molecule has 0 aliphatic carbocycles. The van der Waals surface area contributed by atoms with Crippen LogP contribution in [-0.2, 0) is 0 Å². The standard InChI is InChI=1S/C10H10B2/c11-9-5-1-3-7-8(9)4-2-6-10(7)12/h1-6H,11-12H2. The predicted octanol–water partition coefficient (Wildman–Crippen LogP) is -0.643. The van der Waals surface area contributed by atoms with Crippen molar-refractivity contribution >= 4 is 37.4 Å². The lowest BCUT2D eigenvalue weighted by Gasteiger charge is -2.03.